The van der Waals surface area contributed by atoms with Crippen LogP contribution >= 0.6 is 0 Å². The minimum absolute atomic E-state index is 0.0573. The fraction of sp³-hybridized carbons (Fsp3) is 0.538. The fourth-order valence-electron chi connectivity index (χ4n) is 2.13. The average molecular weight is 273 g/mol. The van der Waals surface area contributed by atoms with Crippen LogP contribution in [0.4, 0.5) is 5.95 Å². The number of hydrogen-bond donors (Lipinski definition) is 1. The molecule has 1 aromatic rings. The summed E-state index contributed by atoms with van der Waals surface area (Å²) >= 11 is 0. The highest BCUT2D eigenvalue weighted by atomic mass is 16.5. The van der Waals surface area contributed by atoms with Crippen molar-refractivity contribution in [2.24, 2.45) is 0 Å². The highest BCUT2D eigenvalue weighted by Gasteiger charge is 2.34. The summed E-state index contributed by atoms with van der Waals surface area (Å²) < 4.78 is 5.39. The molecule has 0 aromatic carbocycles. The molecule has 1 aliphatic heterocycles. The van der Waals surface area contributed by atoms with E-state index in [2.05, 4.69) is 15.3 Å². The predicted molar refractivity (Wildman–Crippen MR) is 69.9 cm³/mol. The van der Waals surface area contributed by atoms with Crippen molar-refractivity contribution in [2.45, 2.75) is 24.9 Å². The van der Waals surface area contributed by atoms with Crippen LogP contribution in [0.1, 0.15) is 18.5 Å². The van der Waals surface area contributed by atoms with E-state index in [1.54, 1.807) is 6.07 Å². The van der Waals surface area contributed by atoms with Gasteiger partial charge in [0, 0.05) is 18.8 Å². The third-order valence-electron chi connectivity index (χ3n) is 3.37. The Balaban J connectivity index is 1.80. The third kappa shape index (κ3) is 2.70. The topological polar surface area (TPSA) is 91.1 Å². The average Bonchev–Trinajstić information content (AvgIpc) is 3.31. The molecule has 1 saturated heterocycles. The lowest BCUT2D eigenvalue weighted by Gasteiger charge is -2.34. The van der Waals surface area contributed by atoms with Gasteiger partial charge in [0.05, 0.1) is 13.2 Å². The minimum Gasteiger partial charge on any atom is -0.377 e. The van der Waals surface area contributed by atoms with Gasteiger partial charge in [-0.2, -0.15) is 5.26 Å². The molecular weight excluding hydrogens is 258 g/mol. The zero-order chi connectivity index (χ0) is 13.9. The van der Waals surface area contributed by atoms with Crippen LogP contribution < -0.4 is 10.2 Å². The molecule has 7 nitrogen and oxygen atoms in total. The van der Waals surface area contributed by atoms with Gasteiger partial charge >= 0.3 is 0 Å². The van der Waals surface area contributed by atoms with E-state index in [1.807, 2.05) is 11.0 Å². The van der Waals surface area contributed by atoms with Crippen LogP contribution in [-0.2, 0) is 9.53 Å². The largest absolute Gasteiger partial charge is 0.377 e. The Kier molecular flexibility index (Phi) is 3.48. The van der Waals surface area contributed by atoms with Gasteiger partial charge in [0.1, 0.15) is 17.8 Å². The van der Waals surface area contributed by atoms with Gasteiger partial charge in [-0.3, -0.25) is 4.79 Å². The number of anilines is 1. The number of carbonyl (C=O) groups is 1. The Labute approximate surface area is 116 Å². The molecule has 1 atom stereocenters. The second-order valence-electron chi connectivity index (χ2n) is 4.92. The third-order valence-corrected chi connectivity index (χ3v) is 3.37. The second-order valence-corrected chi connectivity index (χ2v) is 4.92. The van der Waals surface area contributed by atoms with Crippen molar-refractivity contribution in [2.75, 3.05) is 24.7 Å². The SMILES string of the molecule is N#Cc1ccnc(N2CCOCC2C(=O)NC2CC2)n1. The van der Waals surface area contributed by atoms with Crippen LogP contribution in [0.3, 0.4) is 0 Å². The molecule has 0 bridgehead atoms. The first-order valence-corrected chi connectivity index (χ1v) is 6.66. The number of rotatable bonds is 3. The van der Waals surface area contributed by atoms with Crippen LogP contribution in [0.25, 0.3) is 0 Å². The number of aromatic nitrogens is 2. The monoisotopic (exact) mass is 273 g/mol. The molecule has 0 spiro atoms. The van der Waals surface area contributed by atoms with E-state index in [4.69, 9.17) is 10.00 Å². The second kappa shape index (κ2) is 5.43. The van der Waals surface area contributed by atoms with E-state index in [-0.39, 0.29) is 5.91 Å². The molecular formula is C13H15N5O2. The van der Waals surface area contributed by atoms with E-state index in [0.29, 0.717) is 37.4 Å². The van der Waals surface area contributed by atoms with Gasteiger partial charge in [-0.15, -0.1) is 0 Å². The summed E-state index contributed by atoms with van der Waals surface area (Å²) in [5.41, 5.74) is 0.294. The van der Waals surface area contributed by atoms with Crippen LogP contribution in [0.5, 0.6) is 0 Å². The Morgan fingerprint density at radius 3 is 3.15 bits per heavy atom. The number of nitriles is 1. The number of ether oxygens (including phenoxy) is 1. The quantitative estimate of drug-likeness (QED) is 0.822. The maximum atomic E-state index is 12.2. The standard InChI is InChI=1S/C13H15N5O2/c14-7-10-3-4-15-13(17-10)18-5-6-20-8-11(18)12(19)16-9-1-2-9/h3-4,9,11H,1-2,5-6,8H2,(H,16,19). The zero-order valence-corrected chi connectivity index (χ0v) is 11.0. The molecule has 104 valence electrons. The predicted octanol–water partition coefficient (Wildman–Crippen LogP) is -0.168. The summed E-state index contributed by atoms with van der Waals surface area (Å²) in [6, 6.07) is 3.40. The first-order valence-electron chi connectivity index (χ1n) is 6.66. The van der Waals surface area contributed by atoms with Crippen molar-refractivity contribution >= 4 is 11.9 Å². The van der Waals surface area contributed by atoms with Gasteiger partial charge in [-0.1, -0.05) is 0 Å². The van der Waals surface area contributed by atoms with Crippen LogP contribution in [0.15, 0.2) is 12.3 Å². The summed E-state index contributed by atoms with van der Waals surface area (Å²) in [4.78, 5) is 22.4. The first kappa shape index (κ1) is 12.8. The molecule has 1 aromatic heterocycles. The Morgan fingerprint density at radius 1 is 1.55 bits per heavy atom. The summed E-state index contributed by atoms with van der Waals surface area (Å²) in [5.74, 6) is 0.349. The van der Waals surface area contributed by atoms with E-state index in [1.165, 1.54) is 6.20 Å². The normalized spacial score (nSPS) is 22.1. The van der Waals surface area contributed by atoms with Gasteiger partial charge in [-0.05, 0) is 18.9 Å². The molecule has 3 rings (SSSR count). The molecule has 1 saturated carbocycles. The highest BCUT2D eigenvalue weighted by molar-refractivity contribution is 5.85. The number of nitrogens with one attached hydrogen (secondary N) is 1. The Bertz CT molecular complexity index is 552. The summed E-state index contributed by atoms with van der Waals surface area (Å²) in [6.07, 6.45) is 3.62. The molecule has 1 amide bonds. The molecule has 1 N–H and O–H groups in total. The van der Waals surface area contributed by atoms with Crippen molar-refractivity contribution in [3.05, 3.63) is 18.0 Å². The maximum absolute atomic E-state index is 12.2. The lowest BCUT2D eigenvalue weighted by molar-refractivity contribution is -0.124. The van der Waals surface area contributed by atoms with Gasteiger partial charge in [0.25, 0.3) is 0 Å². The number of morpholine rings is 1. The number of carbonyl (C=O) groups excluding carboxylic acids is 1. The molecule has 1 unspecified atom stereocenters. The molecule has 7 heteroatoms. The summed E-state index contributed by atoms with van der Waals surface area (Å²) in [7, 11) is 0. The highest BCUT2D eigenvalue weighted by Crippen LogP contribution is 2.21. The molecule has 2 aliphatic rings. The van der Waals surface area contributed by atoms with E-state index < -0.39 is 6.04 Å². The first-order chi connectivity index (χ1) is 9.78. The van der Waals surface area contributed by atoms with Gasteiger partial charge in [0.15, 0.2) is 0 Å². The lowest BCUT2D eigenvalue weighted by Crippen LogP contribution is -2.55. The number of amides is 1. The van der Waals surface area contributed by atoms with Crippen LogP contribution in [-0.4, -0.2) is 47.7 Å². The minimum atomic E-state index is -0.432. The van der Waals surface area contributed by atoms with Gasteiger partial charge in [-0.25, -0.2) is 9.97 Å². The molecule has 2 heterocycles. The van der Waals surface area contributed by atoms with Gasteiger partial charge < -0.3 is 15.0 Å². The molecule has 2 fully saturated rings. The van der Waals surface area contributed by atoms with E-state index in [0.717, 1.165) is 12.8 Å². The Hall–Kier alpha value is -2.20. The van der Waals surface area contributed by atoms with E-state index >= 15 is 0 Å². The maximum Gasteiger partial charge on any atom is 0.245 e. The van der Waals surface area contributed by atoms with Gasteiger partial charge in [0.2, 0.25) is 11.9 Å². The Morgan fingerprint density at radius 2 is 2.40 bits per heavy atom. The molecule has 1 aliphatic carbocycles. The van der Waals surface area contributed by atoms with Crippen molar-refractivity contribution < 1.29 is 9.53 Å². The zero-order valence-electron chi connectivity index (χ0n) is 11.0. The summed E-state index contributed by atoms with van der Waals surface area (Å²) in [6.45, 7) is 1.38. The van der Waals surface area contributed by atoms with Crippen molar-refractivity contribution in [3.63, 3.8) is 0 Å². The number of nitrogens with zero attached hydrogens (tertiary/aromatic N) is 4. The lowest BCUT2D eigenvalue weighted by atomic mass is 10.2. The molecule has 0 radical (unpaired) electrons. The fourth-order valence-corrected chi connectivity index (χ4v) is 2.13. The van der Waals surface area contributed by atoms with Crippen molar-refractivity contribution in [3.8, 4) is 6.07 Å². The van der Waals surface area contributed by atoms with Crippen LogP contribution in [0, 0.1) is 11.3 Å². The smallest absolute Gasteiger partial charge is 0.245 e. The van der Waals surface area contributed by atoms with Crippen LogP contribution in [0.2, 0.25) is 0 Å². The molecule has 20 heavy (non-hydrogen) atoms. The van der Waals surface area contributed by atoms with Crippen molar-refractivity contribution in [1.82, 2.24) is 15.3 Å². The van der Waals surface area contributed by atoms with E-state index in [9.17, 15) is 4.79 Å². The summed E-state index contributed by atoms with van der Waals surface area (Å²) in [5, 5.41) is 11.9. The number of hydrogen-bond acceptors (Lipinski definition) is 6. The van der Waals surface area contributed by atoms with Crippen molar-refractivity contribution in [1.29, 1.82) is 5.26 Å².